The predicted octanol–water partition coefficient (Wildman–Crippen LogP) is 4.88. The van der Waals surface area contributed by atoms with Crippen molar-refractivity contribution in [1.29, 1.82) is 0 Å². The Kier molecular flexibility index (Phi) is 9.33. The van der Waals surface area contributed by atoms with Gasteiger partial charge in [-0.25, -0.2) is 8.42 Å². The molecule has 244 valence electrons. The number of benzene rings is 2. The van der Waals surface area contributed by atoms with Crippen molar-refractivity contribution in [3.63, 3.8) is 0 Å². The lowest BCUT2D eigenvalue weighted by Crippen LogP contribution is -2.48. The summed E-state index contributed by atoms with van der Waals surface area (Å²) in [5.41, 5.74) is -5.36. The molecule has 2 amide bonds. The number of alkyl halides is 3. The van der Waals surface area contributed by atoms with Crippen molar-refractivity contribution in [2.75, 3.05) is 19.5 Å². The van der Waals surface area contributed by atoms with E-state index < -0.39 is 44.0 Å². The van der Waals surface area contributed by atoms with Crippen LogP contribution in [-0.4, -0.2) is 58.1 Å². The topological polar surface area (TPSA) is 137 Å². The number of halogens is 3. The Morgan fingerprint density at radius 1 is 0.911 bits per heavy atom. The van der Waals surface area contributed by atoms with Crippen LogP contribution in [0.3, 0.4) is 0 Å². The number of fused-ring (bicyclic) bond motifs is 2. The normalized spacial score (nSPS) is 26.2. The third-order valence-electron chi connectivity index (χ3n) is 9.16. The Morgan fingerprint density at radius 3 is 2.29 bits per heavy atom. The molecule has 3 saturated carbocycles. The van der Waals surface area contributed by atoms with Gasteiger partial charge in [0.05, 0.1) is 42.6 Å². The number of carbonyl (C=O) groups excluding carboxylic acids is 3. The van der Waals surface area contributed by atoms with Gasteiger partial charge in [-0.15, -0.1) is 0 Å². The van der Waals surface area contributed by atoms with Crippen LogP contribution in [0.15, 0.2) is 47.4 Å². The van der Waals surface area contributed by atoms with Gasteiger partial charge >= 0.3 is 11.5 Å². The number of esters is 1. The molecule has 3 aliphatic carbocycles. The smallest absolute Gasteiger partial charge is 0.496 e. The highest BCUT2D eigenvalue weighted by molar-refractivity contribution is 7.92. The number of rotatable bonds is 9. The minimum absolute atomic E-state index is 0.0158. The molecule has 2 N–H and O–H groups in total. The number of sulfone groups is 1. The fraction of sp³-hybridized carbons (Fsp3) is 0.516. The van der Waals surface area contributed by atoms with Crippen LogP contribution in [-0.2, 0) is 24.2 Å². The van der Waals surface area contributed by atoms with E-state index >= 15 is 0 Å². The molecule has 45 heavy (non-hydrogen) atoms. The highest BCUT2D eigenvalue weighted by Crippen LogP contribution is 2.49. The van der Waals surface area contributed by atoms with Gasteiger partial charge in [-0.05, 0) is 93.2 Å². The number of methoxy groups -OCH3 is 2. The Morgan fingerprint density at radius 2 is 1.62 bits per heavy atom. The summed E-state index contributed by atoms with van der Waals surface area (Å²) in [6.07, 6.45) is 4.68. The first-order chi connectivity index (χ1) is 21.3. The van der Waals surface area contributed by atoms with Crippen molar-refractivity contribution in [1.82, 2.24) is 5.32 Å². The van der Waals surface area contributed by atoms with Gasteiger partial charge in [-0.3, -0.25) is 14.4 Å². The summed E-state index contributed by atoms with van der Waals surface area (Å²) in [7, 11) is -2.79. The second-order valence-electron chi connectivity index (χ2n) is 11.8. The zero-order chi connectivity index (χ0) is 32.5. The maximum Gasteiger partial charge on any atom is 0.501 e. The Balaban J connectivity index is 1.29. The first-order valence-corrected chi connectivity index (χ1v) is 16.3. The van der Waals surface area contributed by atoms with Gasteiger partial charge in [0, 0.05) is 11.7 Å². The molecule has 3 aliphatic rings. The number of amides is 2. The first-order valence-electron chi connectivity index (χ1n) is 14.8. The molecule has 0 radical (unpaired) electrons. The minimum Gasteiger partial charge on any atom is -0.496 e. The van der Waals surface area contributed by atoms with Crippen molar-refractivity contribution in [3.8, 4) is 11.5 Å². The summed E-state index contributed by atoms with van der Waals surface area (Å²) in [6, 6.07) is 8.38. The molecule has 0 spiro atoms. The molecule has 0 heterocycles. The van der Waals surface area contributed by atoms with E-state index in [2.05, 4.69) is 10.6 Å². The SMILES string of the molecule is COc1ccc(O[C@H]2CC[C@@H](C(=O)OC)CC2)cc1C(=O)N[C@@H]1[C@H]2CC[C@H](C2)[C@@H]1C(=O)Nc1cccc(S(=O)(=O)C(F)(F)F)c1. The average molecular weight is 653 g/mol. The summed E-state index contributed by atoms with van der Waals surface area (Å²) >= 11 is 0. The van der Waals surface area contributed by atoms with E-state index in [1.807, 2.05) is 0 Å². The molecule has 10 nitrogen and oxygen atoms in total. The standard InChI is InChI=1S/C31H35F3N2O8S/c1-42-25-13-12-22(44-21-10-8-17(9-11-21)30(39)43-2)16-24(25)28(37)36-27-19-7-6-18(14-19)26(27)29(38)35-20-4-3-5-23(15-20)45(40,41)31(32,33)34/h3-5,12-13,15-19,21,26-27H,6-11,14H2,1-2H3,(H,35,38)(H,36,37)/t17-,18-,19+,21+,26+,27-/m1/s1. The number of nitrogens with one attached hydrogen (secondary N) is 2. The molecule has 5 rings (SSSR count). The van der Waals surface area contributed by atoms with Crippen molar-refractivity contribution in [3.05, 3.63) is 48.0 Å². The second kappa shape index (κ2) is 12.9. The lowest BCUT2D eigenvalue weighted by Gasteiger charge is -2.31. The zero-order valence-electron chi connectivity index (χ0n) is 24.8. The maximum absolute atomic E-state index is 13.6. The largest absolute Gasteiger partial charge is 0.501 e. The molecular weight excluding hydrogens is 617 g/mol. The van der Waals surface area contributed by atoms with Crippen LogP contribution in [0.1, 0.15) is 55.3 Å². The second-order valence-corrected chi connectivity index (χ2v) is 13.7. The van der Waals surface area contributed by atoms with E-state index in [1.54, 1.807) is 18.2 Å². The third kappa shape index (κ3) is 6.75. The summed E-state index contributed by atoms with van der Waals surface area (Å²) < 4.78 is 79.4. The minimum atomic E-state index is -5.60. The van der Waals surface area contributed by atoms with Gasteiger partial charge in [0.1, 0.15) is 11.5 Å². The van der Waals surface area contributed by atoms with Crippen LogP contribution in [0.2, 0.25) is 0 Å². The van der Waals surface area contributed by atoms with Crippen molar-refractivity contribution >= 4 is 33.3 Å². The number of hydrogen-bond acceptors (Lipinski definition) is 8. The number of ether oxygens (including phenoxy) is 3. The van der Waals surface area contributed by atoms with Gasteiger partial charge in [-0.1, -0.05) is 6.07 Å². The number of anilines is 1. The molecule has 3 fully saturated rings. The molecular formula is C31H35F3N2O8S. The first kappa shape index (κ1) is 32.6. The summed E-state index contributed by atoms with van der Waals surface area (Å²) in [4.78, 5) is 38.0. The third-order valence-corrected chi connectivity index (χ3v) is 10.6. The highest BCUT2D eigenvalue weighted by Gasteiger charge is 2.52. The number of hydrogen-bond donors (Lipinski definition) is 2. The van der Waals surface area contributed by atoms with E-state index in [0.29, 0.717) is 43.6 Å². The Bertz CT molecular complexity index is 1560. The maximum atomic E-state index is 13.6. The quantitative estimate of drug-likeness (QED) is 0.366. The lowest BCUT2D eigenvalue weighted by molar-refractivity contribution is -0.147. The van der Waals surface area contributed by atoms with Gasteiger partial charge in [-0.2, -0.15) is 13.2 Å². The molecule has 2 aromatic carbocycles. The van der Waals surface area contributed by atoms with Crippen molar-refractivity contribution in [2.24, 2.45) is 23.7 Å². The predicted molar refractivity (Wildman–Crippen MR) is 155 cm³/mol. The van der Waals surface area contributed by atoms with Crippen LogP contribution in [0.5, 0.6) is 11.5 Å². The fourth-order valence-electron chi connectivity index (χ4n) is 6.92. The Labute approximate surface area is 258 Å². The lowest BCUT2D eigenvalue weighted by atomic mass is 9.83. The van der Waals surface area contributed by atoms with Gasteiger partial charge in [0.2, 0.25) is 5.91 Å². The monoisotopic (exact) mass is 652 g/mol. The Hall–Kier alpha value is -3.81. The molecule has 0 aliphatic heterocycles. The summed E-state index contributed by atoms with van der Waals surface area (Å²) in [5.74, 6) is -1.32. The van der Waals surface area contributed by atoms with Crippen LogP contribution in [0, 0.1) is 23.7 Å². The van der Waals surface area contributed by atoms with Crippen LogP contribution < -0.4 is 20.1 Å². The molecule has 14 heteroatoms. The van der Waals surface area contributed by atoms with Crippen molar-refractivity contribution in [2.45, 2.75) is 67.5 Å². The highest BCUT2D eigenvalue weighted by atomic mass is 32.2. The van der Waals surface area contributed by atoms with Gasteiger partial charge < -0.3 is 24.8 Å². The average Bonchev–Trinajstić information content (AvgIpc) is 3.63. The molecule has 0 unspecified atom stereocenters. The molecule has 0 saturated heterocycles. The molecule has 0 aromatic heterocycles. The number of carbonyl (C=O) groups is 3. The van der Waals surface area contributed by atoms with E-state index in [9.17, 15) is 36.0 Å². The fourth-order valence-corrected chi connectivity index (χ4v) is 7.73. The van der Waals surface area contributed by atoms with E-state index in [-0.39, 0.29) is 41.1 Å². The van der Waals surface area contributed by atoms with Crippen LogP contribution in [0.25, 0.3) is 0 Å². The van der Waals surface area contributed by atoms with Crippen LogP contribution >= 0.6 is 0 Å². The molecule has 2 bridgehead atoms. The molecule has 2 aromatic rings. The van der Waals surface area contributed by atoms with Gasteiger partial charge in [0.15, 0.2) is 0 Å². The zero-order valence-corrected chi connectivity index (χ0v) is 25.6. The van der Waals surface area contributed by atoms with Crippen molar-refractivity contribution < 1.29 is 50.2 Å². The molecule has 4 atom stereocenters. The van der Waals surface area contributed by atoms with Crippen LogP contribution in [0.4, 0.5) is 18.9 Å². The van der Waals surface area contributed by atoms with E-state index in [1.165, 1.54) is 20.3 Å². The summed E-state index contributed by atoms with van der Waals surface area (Å²) in [5, 5.41) is 5.57. The van der Waals surface area contributed by atoms with Gasteiger partial charge in [0.25, 0.3) is 15.7 Å². The van der Waals surface area contributed by atoms with E-state index in [4.69, 9.17) is 14.2 Å². The summed E-state index contributed by atoms with van der Waals surface area (Å²) in [6.45, 7) is 0. The van der Waals surface area contributed by atoms with E-state index in [0.717, 1.165) is 31.0 Å².